The molecule has 1 amide bonds. The van der Waals surface area contributed by atoms with E-state index in [2.05, 4.69) is 12.2 Å². The van der Waals surface area contributed by atoms with Gasteiger partial charge in [-0.2, -0.15) is 0 Å². The summed E-state index contributed by atoms with van der Waals surface area (Å²) >= 11 is 0. The molecule has 0 fully saturated rings. The summed E-state index contributed by atoms with van der Waals surface area (Å²) in [5, 5.41) is 3.50. The molecular formula is C25H28N2O3. The Kier molecular flexibility index (Phi) is 5.88. The maximum atomic E-state index is 13.5. The summed E-state index contributed by atoms with van der Waals surface area (Å²) < 4.78 is 5.32. The standard InChI is InChI=1S/C25H28N2O3/c1-3-4-12-23(29)27-21-10-6-5-8-19(21)26-20-9-7-11-22(28)24(20)25(27)17-13-15-18(30-2)16-14-17/h5-6,8,10,13-16,25-26H,3-4,7,9,11-12H2,1-2H3. The molecule has 2 aliphatic rings. The second kappa shape index (κ2) is 8.74. The highest BCUT2D eigenvalue weighted by atomic mass is 16.5. The fourth-order valence-electron chi connectivity index (χ4n) is 4.36. The minimum Gasteiger partial charge on any atom is -0.497 e. The molecule has 2 aromatic carbocycles. The lowest BCUT2D eigenvalue weighted by Crippen LogP contribution is -2.37. The molecular weight excluding hydrogens is 376 g/mol. The molecule has 1 unspecified atom stereocenters. The summed E-state index contributed by atoms with van der Waals surface area (Å²) in [5.74, 6) is 0.906. The number of carbonyl (C=O) groups excluding carboxylic acids is 2. The Balaban J connectivity index is 1.92. The van der Waals surface area contributed by atoms with Gasteiger partial charge in [-0.3, -0.25) is 14.5 Å². The van der Waals surface area contributed by atoms with Crippen molar-refractivity contribution >= 4 is 23.1 Å². The Morgan fingerprint density at radius 1 is 1.13 bits per heavy atom. The third-order valence-electron chi connectivity index (χ3n) is 5.88. The number of Topliss-reactive ketones (excluding diaryl/α,β-unsaturated/α-hetero) is 1. The first-order chi connectivity index (χ1) is 14.6. The number of nitrogens with zero attached hydrogens (tertiary/aromatic N) is 1. The number of unbranched alkanes of at least 4 members (excludes halogenated alkanes) is 1. The Morgan fingerprint density at radius 3 is 2.63 bits per heavy atom. The van der Waals surface area contributed by atoms with Crippen molar-refractivity contribution in [2.24, 2.45) is 0 Å². The fourth-order valence-corrected chi connectivity index (χ4v) is 4.36. The topological polar surface area (TPSA) is 58.6 Å². The number of ether oxygens (including phenoxy) is 1. The molecule has 1 atom stereocenters. The number of para-hydroxylation sites is 2. The van der Waals surface area contributed by atoms with E-state index in [0.717, 1.165) is 54.1 Å². The average molecular weight is 405 g/mol. The average Bonchev–Trinajstić information content (AvgIpc) is 2.92. The van der Waals surface area contributed by atoms with Gasteiger partial charge in [0.1, 0.15) is 5.75 Å². The molecule has 0 radical (unpaired) electrons. The minimum absolute atomic E-state index is 0.0408. The van der Waals surface area contributed by atoms with Crippen LogP contribution in [0.4, 0.5) is 11.4 Å². The van der Waals surface area contributed by atoms with Gasteiger partial charge in [-0.25, -0.2) is 0 Å². The lowest BCUT2D eigenvalue weighted by Gasteiger charge is -2.34. The maximum absolute atomic E-state index is 13.5. The molecule has 30 heavy (non-hydrogen) atoms. The van der Waals surface area contributed by atoms with Gasteiger partial charge in [0.25, 0.3) is 0 Å². The van der Waals surface area contributed by atoms with E-state index in [9.17, 15) is 9.59 Å². The van der Waals surface area contributed by atoms with Crippen molar-refractivity contribution in [3.05, 3.63) is 65.4 Å². The third-order valence-corrected chi connectivity index (χ3v) is 5.88. The number of methoxy groups -OCH3 is 1. The van der Waals surface area contributed by atoms with Crippen molar-refractivity contribution < 1.29 is 14.3 Å². The number of allylic oxidation sites excluding steroid dienone is 1. The Bertz CT molecular complexity index is 978. The van der Waals surface area contributed by atoms with Crippen molar-refractivity contribution in [1.82, 2.24) is 0 Å². The predicted octanol–water partition coefficient (Wildman–Crippen LogP) is 5.39. The zero-order valence-corrected chi connectivity index (χ0v) is 17.6. The van der Waals surface area contributed by atoms with E-state index >= 15 is 0 Å². The van der Waals surface area contributed by atoms with Crippen molar-refractivity contribution in [1.29, 1.82) is 0 Å². The van der Waals surface area contributed by atoms with Crippen LogP contribution < -0.4 is 15.0 Å². The van der Waals surface area contributed by atoms with Gasteiger partial charge in [0.05, 0.1) is 24.5 Å². The van der Waals surface area contributed by atoms with Gasteiger partial charge in [0, 0.05) is 24.1 Å². The van der Waals surface area contributed by atoms with Gasteiger partial charge in [-0.05, 0) is 49.1 Å². The number of amides is 1. The summed E-state index contributed by atoms with van der Waals surface area (Å²) in [6.45, 7) is 2.08. The zero-order valence-electron chi connectivity index (χ0n) is 17.6. The largest absolute Gasteiger partial charge is 0.497 e. The number of nitrogens with one attached hydrogen (secondary N) is 1. The van der Waals surface area contributed by atoms with Crippen LogP contribution >= 0.6 is 0 Å². The first-order valence-corrected chi connectivity index (χ1v) is 10.7. The molecule has 1 aliphatic heterocycles. The summed E-state index contributed by atoms with van der Waals surface area (Å²) in [4.78, 5) is 28.5. The van der Waals surface area contributed by atoms with Crippen molar-refractivity contribution in [2.75, 3.05) is 17.3 Å². The van der Waals surface area contributed by atoms with Gasteiger partial charge in [-0.1, -0.05) is 37.6 Å². The van der Waals surface area contributed by atoms with Crippen LogP contribution in [0.5, 0.6) is 5.75 Å². The normalized spacial score (nSPS) is 18.3. The quantitative estimate of drug-likeness (QED) is 0.726. The van der Waals surface area contributed by atoms with E-state index in [0.29, 0.717) is 18.4 Å². The molecule has 5 nitrogen and oxygen atoms in total. The van der Waals surface area contributed by atoms with Gasteiger partial charge in [0.15, 0.2) is 5.78 Å². The number of ketones is 1. The van der Waals surface area contributed by atoms with Gasteiger partial charge in [-0.15, -0.1) is 0 Å². The number of benzene rings is 2. The van der Waals surface area contributed by atoms with Gasteiger partial charge in [0.2, 0.25) is 5.91 Å². The van der Waals surface area contributed by atoms with E-state index in [4.69, 9.17) is 4.74 Å². The van der Waals surface area contributed by atoms with E-state index in [1.54, 1.807) is 7.11 Å². The molecule has 1 heterocycles. The second-order valence-corrected chi connectivity index (χ2v) is 7.85. The highest BCUT2D eigenvalue weighted by molar-refractivity contribution is 6.06. The van der Waals surface area contributed by atoms with E-state index in [1.807, 2.05) is 53.4 Å². The molecule has 0 spiro atoms. The maximum Gasteiger partial charge on any atom is 0.227 e. The third kappa shape index (κ3) is 3.72. The number of fused-ring (bicyclic) bond motifs is 1. The van der Waals surface area contributed by atoms with Crippen LogP contribution in [-0.2, 0) is 9.59 Å². The lowest BCUT2D eigenvalue weighted by molar-refractivity contribution is -0.119. The van der Waals surface area contributed by atoms with Crippen LogP contribution in [0.1, 0.15) is 57.1 Å². The molecule has 5 heteroatoms. The van der Waals surface area contributed by atoms with Crippen LogP contribution in [0.25, 0.3) is 0 Å². The molecule has 2 aromatic rings. The second-order valence-electron chi connectivity index (χ2n) is 7.85. The van der Waals surface area contributed by atoms with Crippen molar-refractivity contribution in [3.8, 4) is 5.75 Å². The Hall–Kier alpha value is -3.08. The lowest BCUT2D eigenvalue weighted by atomic mass is 9.85. The van der Waals surface area contributed by atoms with Gasteiger partial charge >= 0.3 is 0 Å². The molecule has 1 N–H and O–H groups in total. The summed E-state index contributed by atoms with van der Waals surface area (Å²) in [5.41, 5.74) is 4.27. The van der Waals surface area contributed by atoms with Crippen molar-refractivity contribution in [3.63, 3.8) is 0 Å². The Morgan fingerprint density at radius 2 is 1.90 bits per heavy atom. The highest BCUT2D eigenvalue weighted by Crippen LogP contribution is 2.45. The summed E-state index contributed by atoms with van der Waals surface area (Å²) in [6.07, 6.45) is 4.36. The van der Waals surface area contributed by atoms with Crippen LogP contribution in [0, 0.1) is 0 Å². The molecule has 1 aliphatic carbocycles. The molecule has 0 bridgehead atoms. The molecule has 0 saturated carbocycles. The highest BCUT2D eigenvalue weighted by Gasteiger charge is 2.39. The minimum atomic E-state index is -0.445. The van der Waals surface area contributed by atoms with E-state index in [1.165, 1.54) is 0 Å². The number of hydrogen-bond acceptors (Lipinski definition) is 4. The molecule has 4 rings (SSSR count). The van der Waals surface area contributed by atoms with E-state index in [-0.39, 0.29) is 11.7 Å². The smallest absolute Gasteiger partial charge is 0.227 e. The van der Waals surface area contributed by atoms with Crippen LogP contribution in [0.2, 0.25) is 0 Å². The van der Waals surface area contributed by atoms with Crippen LogP contribution in [0.3, 0.4) is 0 Å². The number of rotatable bonds is 5. The zero-order chi connectivity index (χ0) is 21.1. The first kappa shape index (κ1) is 20.2. The number of carbonyl (C=O) groups is 2. The number of hydrogen-bond donors (Lipinski definition) is 1. The van der Waals surface area contributed by atoms with Crippen LogP contribution in [0.15, 0.2) is 59.8 Å². The summed E-state index contributed by atoms with van der Waals surface area (Å²) in [7, 11) is 1.63. The van der Waals surface area contributed by atoms with Crippen LogP contribution in [-0.4, -0.2) is 18.8 Å². The fraction of sp³-hybridized carbons (Fsp3) is 0.360. The van der Waals surface area contributed by atoms with Gasteiger partial charge < -0.3 is 10.1 Å². The molecule has 0 saturated heterocycles. The SMILES string of the molecule is CCCCC(=O)N1c2ccccc2NC2=C(C(=O)CCC2)C1c1ccc(OC)cc1. The number of anilines is 2. The first-order valence-electron chi connectivity index (χ1n) is 10.7. The molecule has 156 valence electrons. The monoisotopic (exact) mass is 404 g/mol. The van der Waals surface area contributed by atoms with Crippen molar-refractivity contribution in [2.45, 2.75) is 51.5 Å². The molecule has 0 aromatic heterocycles. The predicted molar refractivity (Wildman–Crippen MR) is 119 cm³/mol. The Labute approximate surface area is 177 Å². The van der Waals surface area contributed by atoms with E-state index < -0.39 is 6.04 Å². The summed E-state index contributed by atoms with van der Waals surface area (Å²) in [6, 6.07) is 15.1.